The number of nitrogens with zero attached hydrogens (tertiary/aromatic N) is 1. The van der Waals surface area contributed by atoms with Gasteiger partial charge in [-0.05, 0) is 38.3 Å². The molecular formula is C18H31IN4O4S2. The van der Waals surface area contributed by atoms with Crippen molar-refractivity contribution in [2.24, 2.45) is 4.99 Å². The Morgan fingerprint density at radius 3 is 2.45 bits per heavy atom. The fourth-order valence-corrected chi connectivity index (χ4v) is 6.21. The normalized spacial score (nSPS) is 19.0. The molecule has 1 saturated heterocycles. The van der Waals surface area contributed by atoms with Crippen LogP contribution in [0.15, 0.2) is 29.3 Å². The Kier molecular flexibility index (Phi) is 10.3. The van der Waals surface area contributed by atoms with E-state index in [1.54, 1.807) is 26.0 Å². The van der Waals surface area contributed by atoms with Gasteiger partial charge in [-0.15, -0.1) is 24.0 Å². The Labute approximate surface area is 191 Å². The van der Waals surface area contributed by atoms with Crippen LogP contribution in [0.25, 0.3) is 0 Å². The van der Waals surface area contributed by atoms with E-state index in [4.69, 9.17) is 0 Å². The predicted molar refractivity (Wildman–Crippen MR) is 128 cm³/mol. The zero-order valence-electron chi connectivity index (χ0n) is 17.0. The molecule has 2 rings (SSSR count). The summed E-state index contributed by atoms with van der Waals surface area (Å²) in [5, 5.41) is 6.28. The molecule has 3 N–H and O–H groups in total. The summed E-state index contributed by atoms with van der Waals surface area (Å²) < 4.78 is 50.4. The Balaban J connectivity index is 0.00000420. The van der Waals surface area contributed by atoms with Crippen LogP contribution in [-0.2, 0) is 32.2 Å². The molecule has 0 radical (unpaired) electrons. The molecule has 0 saturated carbocycles. The lowest BCUT2D eigenvalue weighted by Crippen LogP contribution is -2.44. The minimum absolute atomic E-state index is 0. The molecular weight excluding hydrogens is 527 g/mol. The SMILES string of the molecule is CCNC(=NCc1ccccc1CS(=O)(=O)NC(C)C)NC1CCS(=O)(=O)C1.I. The number of nitrogens with one attached hydrogen (secondary N) is 3. The Morgan fingerprint density at radius 2 is 1.90 bits per heavy atom. The van der Waals surface area contributed by atoms with E-state index < -0.39 is 19.9 Å². The van der Waals surface area contributed by atoms with Crippen LogP contribution in [0.2, 0.25) is 0 Å². The average molecular weight is 559 g/mol. The van der Waals surface area contributed by atoms with Gasteiger partial charge in [0.05, 0.1) is 23.8 Å². The van der Waals surface area contributed by atoms with Gasteiger partial charge in [-0.25, -0.2) is 26.6 Å². The highest BCUT2D eigenvalue weighted by atomic mass is 127. The number of hydrogen-bond acceptors (Lipinski definition) is 5. The second-order valence-corrected chi connectivity index (χ2v) is 11.2. The molecule has 166 valence electrons. The molecule has 1 atom stereocenters. The zero-order valence-corrected chi connectivity index (χ0v) is 21.0. The highest BCUT2D eigenvalue weighted by molar-refractivity contribution is 14.0. The summed E-state index contributed by atoms with van der Waals surface area (Å²) in [6, 6.07) is 6.97. The number of guanidine groups is 1. The summed E-state index contributed by atoms with van der Waals surface area (Å²) in [5.41, 5.74) is 1.51. The van der Waals surface area contributed by atoms with Crippen LogP contribution >= 0.6 is 24.0 Å². The third-order valence-electron chi connectivity index (χ3n) is 4.20. The Morgan fingerprint density at radius 1 is 1.24 bits per heavy atom. The molecule has 1 fully saturated rings. The molecule has 1 aromatic rings. The molecule has 0 bridgehead atoms. The maximum absolute atomic E-state index is 12.3. The lowest BCUT2D eigenvalue weighted by atomic mass is 10.1. The maximum Gasteiger partial charge on any atom is 0.216 e. The molecule has 0 amide bonds. The van der Waals surface area contributed by atoms with Crippen molar-refractivity contribution in [1.29, 1.82) is 0 Å². The summed E-state index contributed by atoms with van der Waals surface area (Å²) in [5.74, 6) is 0.713. The van der Waals surface area contributed by atoms with Crippen LogP contribution in [0.5, 0.6) is 0 Å². The minimum Gasteiger partial charge on any atom is -0.357 e. The predicted octanol–water partition coefficient (Wildman–Crippen LogP) is 1.37. The van der Waals surface area contributed by atoms with Gasteiger partial charge in [-0.1, -0.05) is 24.3 Å². The van der Waals surface area contributed by atoms with E-state index >= 15 is 0 Å². The molecule has 1 aliphatic heterocycles. The number of aliphatic imine (C=N–C) groups is 1. The van der Waals surface area contributed by atoms with Crippen molar-refractivity contribution >= 4 is 49.8 Å². The van der Waals surface area contributed by atoms with Crippen LogP contribution in [0, 0.1) is 0 Å². The number of benzene rings is 1. The summed E-state index contributed by atoms with van der Waals surface area (Å²) in [6.45, 7) is 6.43. The van der Waals surface area contributed by atoms with Gasteiger partial charge in [0.15, 0.2) is 15.8 Å². The standard InChI is InChI=1S/C18H30N4O4S2.HI/c1-4-19-18(21-17-9-10-27(23,24)13-17)20-11-15-7-5-6-8-16(15)12-28(25,26)22-14(2)3;/h5-8,14,17,22H,4,9-13H2,1-3H3,(H2,19,20,21);1H. The van der Waals surface area contributed by atoms with Crippen molar-refractivity contribution < 1.29 is 16.8 Å². The van der Waals surface area contributed by atoms with Gasteiger partial charge >= 0.3 is 0 Å². The molecule has 0 spiro atoms. The van der Waals surface area contributed by atoms with E-state index in [9.17, 15) is 16.8 Å². The molecule has 29 heavy (non-hydrogen) atoms. The monoisotopic (exact) mass is 558 g/mol. The van der Waals surface area contributed by atoms with Gasteiger partial charge in [-0.2, -0.15) is 0 Å². The number of sulfone groups is 1. The van der Waals surface area contributed by atoms with Crippen molar-refractivity contribution in [1.82, 2.24) is 15.4 Å². The summed E-state index contributed by atoms with van der Waals surface area (Å²) >= 11 is 0. The highest BCUT2D eigenvalue weighted by Gasteiger charge is 2.28. The summed E-state index contributed by atoms with van der Waals surface area (Å²) in [6.07, 6.45) is 0.558. The molecule has 1 aliphatic rings. The van der Waals surface area contributed by atoms with E-state index in [0.29, 0.717) is 31.0 Å². The summed E-state index contributed by atoms with van der Waals surface area (Å²) in [4.78, 5) is 4.53. The van der Waals surface area contributed by atoms with E-state index in [2.05, 4.69) is 20.3 Å². The van der Waals surface area contributed by atoms with Gasteiger partial charge in [-0.3, -0.25) is 0 Å². The van der Waals surface area contributed by atoms with E-state index in [-0.39, 0.29) is 53.3 Å². The van der Waals surface area contributed by atoms with Crippen LogP contribution in [0.4, 0.5) is 0 Å². The third kappa shape index (κ3) is 9.18. The lowest BCUT2D eigenvalue weighted by Gasteiger charge is -2.16. The zero-order chi connectivity index (χ0) is 20.8. The number of hydrogen-bond donors (Lipinski definition) is 3. The maximum atomic E-state index is 12.3. The van der Waals surface area contributed by atoms with Gasteiger partial charge in [0.2, 0.25) is 10.0 Å². The Hall–Kier alpha value is -0.920. The fourth-order valence-electron chi connectivity index (χ4n) is 3.04. The lowest BCUT2D eigenvalue weighted by molar-refractivity contribution is 0.568. The van der Waals surface area contributed by atoms with Crippen molar-refractivity contribution in [2.45, 2.75) is 51.6 Å². The van der Waals surface area contributed by atoms with Crippen molar-refractivity contribution in [3.8, 4) is 0 Å². The van der Waals surface area contributed by atoms with Gasteiger partial charge < -0.3 is 10.6 Å². The molecule has 1 heterocycles. The number of sulfonamides is 1. The van der Waals surface area contributed by atoms with Crippen LogP contribution in [0.3, 0.4) is 0 Å². The van der Waals surface area contributed by atoms with Crippen LogP contribution in [-0.4, -0.2) is 52.9 Å². The van der Waals surface area contributed by atoms with Crippen molar-refractivity contribution in [2.75, 3.05) is 18.1 Å². The van der Waals surface area contributed by atoms with Crippen LogP contribution < -0.4 is 15.4 Å². The fraction of sp³-hybridized carbons (Fsp3) is 0.611. The largest absolute Gasteiger partial charge is 0.357 e. The number of rotatable bonds is 8. The first-order valence-electron chi connectivity index (χ1n) is 9.42. The second-order valence-electron chi connectivity index (χ2n) is 7.24. The average Bonchev–Trinajstić information content (AvgIpc) is 2.91. The molecule has 0 aliphatic carbocycles. The second kappa shape index (κ2) is 11.5. The molecule has 1 unspecified atom stereocenters. The quantitative estimate of drug-likeness (QED) is 0.252. The van der Waals surface area contributed by atoms with Crippen molar-refractivity contribution in [3.63, 3.8) is 0 Å². The van der Waals surface area contributed by atoms with E-state index in [1.165, 1.54) is 0 Å². The molecule has 0 aromatic heterocycles. The highest BCUT2D eigenvalue weighted by Crippen LogP contribution is 2.14. The minimum atomic E-state index is -3.43. The molecule has 11 heteroatoms. The third-order valence-corrected chi connectivity index (χ3v) is 7.49. The van der Waals surface area contributed by atoms with E-state index in [0.717, 1.165) is 5.56 Å². The topological polar surface area (TPSA) is 117 Å². The van der Waals surface area contributed by atoms with Gasteiger partial charge in [0, 0.05) is 18.6 Å². The molecule has 1 aromatic carbocycles. The Bertz CT molecular complexity index is 902. The van der Waals surface area contributed by atoms with Gasteiger partial charge in [0.1, 0.15) is 0 Å². The summed E-state index contributed by atoms with van der Waals surface area (Å²) in [7, 11) is -6.41. The van der Waals surface area contributed by atoms with Gasteiger partial charge in [0.25, 0.3) is 0 Å². The van der Waals surface area contributed by atoms with E-state index in [1.807, 2.05) is 19.1 Å². The smallest absolute Gasteiger partial charge is 0.216 e. The number of halogens is 1. The first-order valence-corrected chi connectivity index (χ1v) is 12.9. The van der Waals surface area contributed by atoms with Crippen LogP contribution in [0.1, 0.15) is 38.3 Å². The first kappa shape index (κ1) is 26.1. The first-order chi connectivity index (χ1) is 13.1. The van der Waals surface area contributed by atoms with Crippen molar-refractivity contribution in [3.05, 3.63) is 35.4 Å². The molecule has 8 nitrogen and oxygen atoms in total.